The van der Waals surface area contributed by atoms with Gasteiger partial charge in [0.2, 0.25) is 5.91 Å². The van der Waals surface area contributed by atoms with Crippen molar-refractivity contribution in [1.82, 2.24) is 25.0 Å². The summed E-state index contributed by atoms with van der Waals surface area (Å²) < 4.78 is 1.91. The highest BCUT2D eigenvalue weighted by Crippen LogP contribution is 2.27. The lowest BCUT2D eigenvalue weighted by atomic mass is 10.0. The highest BCUT2D eigenvalue weighted by molar-refractivity contribution is 7.99. The van der Waals surface area contributed by atoms with Crippen molar-refractivity contribution >= 4 is 52.5 Å². The molecule has 40 heavy (non-hydrogen) atoms. The second-order valence-corrected chi connectivity index (χ2v) is 11.8. The number of carbonyl (C=O) groups is 2. The molecule has 1 aromatic heterocycles. The first-order chi connectivity index (χ1) is 19.3. The van der Waals surface area contributed by atoms with E-state index in [4.69, 9.17) is 23.2 Å². The number of hydrogen-bond donors (Lipinski definition) is 1. The van der Waals surface area contributed by atoms with Gasteiger partial charge in [0, 0.05) is 43.4 Å². The van der Waals surface area contributed by atoms with E-state index < -0.39 is 6.04 Å². The van der Waals surface area contributed by atoms with Gasteiger partial charge in [0.1, 0.15) is 0 Å². The molecule has 3 aromatic rings. The standard InChI is InChI=1S/C29H34Cl2N6O2S/c1-4-12-37-27(25(17-20(2)3)32-28(39)23-11-10-21(30)18-24(23)31)33-34-29(37)40-19-26(38)36-15-13-35(14-16-36)22-8-6-5-7-9-22/h4-11,18,20,25H,1,12-17,19H2,2-3H3,(H,32,39)/t25-/m0/s1. The van der Waals surface area contributed by atoms with E-state index in [0.717, 1.165) is 13.1 Å². The zero-order chi connectivity index (χ0) is 28.6. The molecular formula is C29H34Cl2N6O2S. The van der Waals surface area contributed by atoms with Gasteiger partial charge in [-0.1, -0.05) is 73.1 Å². The third-order valence-electron chi connectivity index (χ3n) is 6.64. The molecule has 8 nitrogen and oxygen atoms in total. The smallest absolute Gasteiger partial charge is 0.253 e. The van der Waals surface area contributed by atoms with Crippen molar-refractivity contribution in [3.63, 3.8) is 0 Å². The highest BCUT2D eigenvalue weighted by atomic mass is 35.5. The summed E-state index contributed by atoms with van der Waals surface area (Å²) in [7, 11) is 0. The van der Waals surface area contributed by atoms with Gasteiger partial charge in [-0.15, -0.1) is 16.8 Å². The fourth-order valence-electron chi connectivity index (χ4n) is 4.65. The van der Waals surface area contributed by atoms with E-state index in [2.05, 4.69) is 53.0 Å². The number of amides is 2. The van der Waals surface area contributed by atoms with E-state index in [1.807, 2.05) is 27.7 Å². The Kier molecular flexibility index (Phi) is 10.5. The number of anilines is 1. The summed E-state index contributed by atoms with van der Waals surface area (Å²) in [6.07, 6.45) is 2.40. The van der Waals surface area contributed by atoms with E-state index in [-0.39, 0.29) is 28.5 Å². The number of nitrogens with one attached hydrogen (secondary N) is 1. The van der Waals surface area contributed by atoms with Crippen LogP contribution in [0.4, 0.5) is 5.69 Å². The number of benzene rings is 2. The molecule has 0 aliphatic carbocycles. The number of rotatable bonds is 11. The third-order valence-corrected chi connectivity index (χ3v) is 8.13. The van der Waals surface area contributed by atoms with Crippen LogP contribution in [-0.4, -0.2) is 63.4 Å². The number of nitrogens with zero attached hydrogens (tertiary/aromatic N) is 5. The fourth-order valence-corrected chi connectivity index (χ4v) is 6.00. The first-order valence-corrected chi connectivity index (χ1v) is 15.0. The molecule has 0 saturated carbocycles. The Balaban J connectivity index is 1.43. The van der Waals surface area contributed by atoms with Crippen LogP contribution in [0.2, 0.25) is 10.0 Å². The van der Waals surface area contributed by atoms with Crippen molar-refractivity contribution in [2.24, 2.45) is 5.92 Å². The number of halogens is 2. The number of aromatic nitrogens is 3. The molecule has 0 bridgehead atoms. The van der Waals surface area contributed by atoms with Gasteiger partial charge in [-0.05, 0) is 42.7 Å². The molecule has 0 radical (unpaired) electrons. The second kappa shape index (κ2) is 14.1. The number of para-hydroxylation sites is 1. The lowest BCUT2D eigenvalue weighted by Crippen LogP contribution is -2.49. The Bertz CT molecular complexity index is 1330. The lowest BCUT2D eigenvalue weighted by Gasteiger charge is -2.36. The molecule has 0 unspecified atom stereocenters. The summed E-state index contributed by atoms with van der Waals surface area (Å²) in [4.78, 5) is 30.4. The summed E-state index contributed by atoms with van der Waals surface area (Å²) in [5.74, 6) is 0.879. The lowest BCUT2D eigenvalue weighted by molar-refractivity contribution is -0.128. The van der Waals surface area contributed by atoms with E-state index in [1.54, 1.807) is 24.3 Å². The van der Waals surface area contributed by atoms with E-state index >= 15 is 0 Å². The molecular weight excluding hydrogens is 567 g/mol. The Morgan fingerprint density at radius 1 is 1.07 bits per heavy atom. The zero-order valence-corrected chi connectivity index (χ0v) is 25.1. The van der Waals surface area contributed by atoms with Crippen LogP contribution in [0, 0.1) is 5.92 Å². The van der Waals surface area contributed by atoms with Gasteiger partial charge in [-0.25, -0.2) is 0 Å². The number of carbonyl (C=O) groups excluding carboxylic acids is 2. The van der Waals surface area contributed by atoms with Crippen LogP contribution in [0.3, 0.4) is 0 Å². The van der Waals surface area contributed by atoms with Crippen LogP contribution in [0.1, 0.15) is 42.5 Å². The second-order valence-electron chi connectivity index (χ2n) is 10.0. The summed E-state index contributed by atoms with van der Waals surface area (Å²) in [5.41, 5.74) is 1.51. The molecule has 1 N–H and O–H groups in total. The van der Waals surface area contributed by atoms with Gasteiger partial charge in [0.25, 0.3) is 5.91 Å². The molecule has 1 saturated heterocycles. The predicted molar refractivity (Wildman–Crippen MR) is 162 cm³/mol. The predicted octanol–water partition coefficient (Wildman–Crippen LogP) is 5.73. The summed E-state index contributed by atoms with van der Waals surface area (Å²) in [5, 5.41) is 13.3. The SMILES string of the molecule is C=CCn1c(SCC(=O)N2CCN(c3ccccc3)CC2)nnc1[C@H](CC(C)C)NC(=O)c1ccc(Cl)cc1Cl. The molecule has 11 heteroatoms. The van der Waals surface area contributed by atoms with Crippen LogP contribution in [0.25, 0.3) is 0 Å². The molecule has 1 atom stereocenters. The van der Waals surface area contributed by atoms with Gasteiger partial charge in [0.05, 0.1) is 22.4 Å². The van der Waals surface area contributed by atoms with Gasteiger partial charge in [0.15, 0.2) is 11.0 Å². The molecule has 2 heterocycles. The molecule has 4 rings (SSSR count). The van der Waals surface area contributed by atoms with Crippen molar-refractivity contribution in [3.05, 3.63) is 82.6 Å². The zero-order valence-electron chi connectivity index (χ0n) is 22.7. The maximum Gasteiger partial charge on any atom is 0.253 e. The molecule has 212 valence electrons. The minimum Gasteiger partial charge on any atom is -0.368 e. The molecule has 1 aliphatic rings. The molecule has 0 spiro atoms. The molecule has 1 aliphatic heterocycles. The largest absolute Gasteiger partial charge is 0.368 e. The monoisotopic (exact) mass is 600 g/mol. The van der Waals surface area contributed by atoms with E-state index in [9.17, 15) is 9.59 Å². The maximum atomic E-state index is 13.1. The Morgan fingerprint density at radius 3 is 2.45 bits per heavy atom. The first kappa shape index (κ1) is 30.0. The van der Waals surface area contributed by atoms with Crippen LogP contribution in [0.15, 0.2) is 66.3 Å². The highest BCUT2D eigenvalue weighted by Gasteiger charge is 2.27. The average Bonchev–Trinajstić information content (AvgIpc) is 3.34. The van der Waals surface area contributed by atoms with Crippen molar-refractivity contribution in [2.75, 3.05) is 36.8 Å². The summed E-state index contributed by atoms with van der Waals surface area (Å²) in [6, 6.07) is 14.6. The maximum absolute atomic E-state index is 13.1. The first-order valence-electron chi connectivity index (χ1n) is 13.3. The Morgan fingerprint density at radius 2 is 1.80 bits per heavy atom. The number of allylic oxidation sites excluding steroid dienone is 1. The van der Waals surface area contributed by atoms with Gasteiger partial charge in [-0.2, -0.15) is 0 Å². The average molecular weight is 602 g/mol. The van der Waals surface area contributed by atoms with Crippen molar-refractivity contribution in [2.45, 2.75) is 38.0 Å². The quantitative estimate of drug-likeness (QED) is 0.223. The topological polar surface area (TPSA) is 83.4 Å². The Labute approximate surface area is 249 Å². The van der Waals surface area contributed by atoms with Crippen molar-refractivity contribution < 1.29 is 9.59 Å². The van der Waals surface area contributed by atoms with Crippen molar-refractivity contribution in [3.8, 4) is 0 Å². The van der Waals surface area contributed by atoms with Crippen LogP contribution >= 0.6 is 35.0 Å². The normalized spacial score (nSPS) is 14.3. The molecule has 2 amide bonds. The van der Waals surface area contributed by atoms with Gasteiger partial charge < -0.3 is 19.7 Å². The molecule has 1 fully saturated rings. The van der Waals surface area contributed by atoms with Gasteiger partial charge >= 0.3 is 0 Å². The molecule has 2 aromatic carbocycles. The summed E-state index contributed by atoms with van der Waals surface area (Å²) >= 11 is 13.6. The number of piperazine rings is 1. The van der Waals surface area contributed by atoms with Crippen LogP contribution in [0.5, 0.6) is 0 Å². The number of thioether (sulfide) groups is 1. The van der Waals surface area contributed by atoms with Crippen LogP contribution in [-0.2, 0) is 11.3 Å². The third kappa shape index (κ3) is 7.59. The minimum absolute atomic E-state index is 0.0665. The van der Waals surface area contributed by atoms with Gasteiger partial charge in [-0.3, -0.25) is 9.59 Å². The van der Waals surface area contributed by atoms with E-state index in [1.165, 1.54) is 17.4 Å². The number of hydrogen-bond acceptors (Lipinski definition) is 6. The fraction of sp³-hybridized carbons (Fsp3) is 0.379. The van der Waals surface area contributed by atoms with Crippen molar-refractivity contribution in [1.29, 1.82) is 0 Å². The minimum atomic E-state index is -0.414. The summed E-state index contributed by atoms with van der Waals surface area (Å²) in [6.45, 7) is 11.4. The van der Waals surface area contributed by atoms with Crippen LogP contribution < -0.4 is 10.2 Å². The Hall–Kier alpha value is -3.01. The van der Waals surface area contributed by atoms with E-state index in [0.29, 0.717) is 47.6 Å².